The minimum atomic E-state index is -0.553. The van der Waals surface area contributed by atoms with Crippen LogP contribution in [0.4, 0.5) is 10.1 Å². The van der Waals surface area contributed by atoms with Gasteiger partial charge in [-0.05, 0) is 48.9 Å². The summed E-state index contributed by atoms with van der Waals surface area (Å²) in [6.45, 7) is 1.47. The molecule has 0 aliphatic carbocycles. The van der Waals surface area contributed by atoms with E-state index >= 15 is 0 Å². The minimum absolute atomic E-state index is 0.00438. The fourth-order valence-corrected chi connectivity index (χ4v) is 2.71. The van der Waals surface area contributed by atoms with Gasteiger partial charge in [0.05, 0.1) is 25.4 Å². The molecule has 3 aromatic rings. The number of hydrogen-bond donors (Lipinski definition) is 1. The largest absolute Gasteiger partial charge is 0.495 e. The molecule has 1 heterocycles. The lowest BCUT2D eigenvalue weighted by molar-refractivity contribution is -0.147. The Morgan fingerprint density at radius 1 is 1.17 bits per heavy atom. The molecule has 0 spiro atoms. The Morgan fingerprint density at radius 3 is 2.67 bits per heavy atom. The summed E-state index contributed by atoms with van der Waals surface area (Å²) in [5, 5.41) is 2.66. The second kappa shape index (κ2) is 9.69. The minimum Gasteiger partial charge on any atom is -0.495 e. The van der Waals surface area contributed by atoms with Gasteiger partial charge < -0.3 is 19.2 Å². The molecule has 0 aliphatic rings. The molecule has 0 saturated heterocycles. The number of methoxy groups -OCH3 is 1. The quantitative estimate of drug-likeness (QED) is 0.564. The number of carbonyl (C=O) groups excluding carboxylic acids is 2. The fraction of sp³-hybridized carbons (Fsp3) is 0.227. The van der Waals surface area contributed by atoms with E-state index in [9.17, 15) is 14.0 Å². The molecule has 156 valence electrons. The third-order valence-corrected chi connectivity index (χ3v) is 4.22. The van der Waals surface area contributed by atoms with Crippen molar-refractivity contribution in [2.75, 3.05) is 19.0 Å². The molecule has 0 aliphatic heterocycles. The zero-order valence-electron chi connectivity index (χ0n) is 16.6. The van der Waals surface area contributed by atoms with Crippen LogP contribution in [0.1, 0.15) is 17.9 Å². The Kier molecular flexibility index (Phi) is 6.79. The van der Waals surface area contributed by atoms with Crippen LogP contribution in [0.15, 0.2) is 53.1 Å². The molecule has 0 radical (unpaired) electrons. The molecule has 0 atom stereocenters. The highest BCUT2D eigenvalue weighted by atomic mass is 19.1. The van der Waals surface area contributed by atoms with Crippen molar-refractivity contribution in [2.24, 2.45) is 0 Å². The molecule has 30 heavy (non-hydrogen) atoms. The van der Waals surface area contributed by atoms with Gasteiger partial charge in [-0.25, -0.2) is 9.37 Å². The maximum Gasteiger partial charge on any atom is 0.306 e. The summed E-state index contributed by atoms with van der Waals surface area (Å²) in [7, 11) is 1.50. The summed E-state index contributed by atoms with van der Waals surface area (Å²) < 4.78 is 28.8. The van der Waals surface area contributed by atoms with Crippen molar-refractivity contribution in [1.29, 1.82) is 0 Å². The second-order valence-corrected chi connectivity index (χ2v) is 6.54. The summed E-state index contributed by atoms with van der Waals surface area (Å²) in [4.78, 5) is 28.1. The van der Waals surface area contributed by atoms with Crippen LogP contribution in [-0.2, 0) is 20.7 Å². The fourth-order valence-electron chi connectivity index (χ4n) is 2.71. The van der Waals surface area contributed by atoms with Crippen LogP contribution in [0.5, 0.6) is 5.75 Å². The number of carbonyl (C=O) groups is 2. The van der Waals surface area contributed by atoms with E-state index in [2.05, 4.69) is 10.3 Å². The van der Waals surface area contributed by atoms with E-state index < -0.39 is 18.5 Å². The Morgan fingerprint density at radius 2 is 1.93 bits per heavy atom. The predicted molar refractivity (Wildman–Crippen MR) is 108 cm³/mol. The first-order valence-electron chi connectivity index (χ1n) is 9.25. The zero-order chi connectivity index (χ0) is 21.5. The molecule has 1 aromatic heterocycles. The Bertz CT molecular complexity index is 1030. The number of oxazole rings is 1. The van der Waals surface area contributed by atoms with Crippen molar-refractivity contribution in [2.45, 2.75) is 19.8 Å². The van der Waals surface area contributed by atoms with Gasteiger partial charge >= 0.3 is 5.97 Å². The highest BCUT2D eigenvalue weighted by Gasteiger charge is 2.13. The number of halogens is 1. The summed E-state index contributed by atoms with van der Waals surface area (Å²) in [6.07, 6.45) is 1.73. The van der Waals surface area contributed by atoms with Gasteiger partial charge in [-0.3, -0.25) is 9.59 Å². The van der Waals surface area contributed by atoms with Crippen LogP contribution in [0.2, 0.25) is 0 Å². The highest BCUT2D eigenvalue weighted by molar-refractivity contribution is 5.94. The Hall–Kier alpha value is -3.68. The standard InChI is InChI=1S/C22H21FN2O5/c1-14-3-8-18(28-2)17(11-14)25-20(26)13-29-22(27)10-9-21-24-12-19(30-21)15-4-6-16(23)7-5-15/h3-8,11-12H,9-10,13H2,1-2H3,(H,25,26). The highest BCUT2D eigenvalue weighted by Crippen LogP contribution is 2.25. The topological polar surface area (TPSA) is 90.7 Å². The van der Waals surface area contributed by atoms with Gasteiger partial charge in [-0.15, -0.1) is 0 Å². The van der Waals surface area contributed by atoms with E-state index in [-0.39, 0.29) is 18.7 Å². The Balaban J connectivity index is 1.46. The van der Waals surface area contributed by atoms with E-state index in [1.54, 1.807) is 24.3 Å². The molecule has 1 N–H and O–H groups in total. The van der Waals surface area contributed by atoms with Gasteiger partial charge in [0.15, 0.2) is 18.3 Å². The normalized spacial score (nSPS) is 10.5. The lowest BCUT2D eigenvalue weighted by Crippen LogP contribution is -2.21. The number of nitrogens with zero attached hydrogens (tertiary/aromatic N) is 1. The van der Waals surface area contributed by atoms with Crippen LogP contribution < -0.4 is 10.1 Å². The van der Waals surface area contributed by atoms with Crippen LogP contribution in [-0.4, -0.2) is 30.6 Å². The number of nitrogens with one attached hydrogen (secondary N) is 1. The van der Waals surface area contributed by atoms with Crippen molar-refractivity contribution < 1.29 is 27.9 Å². The number of hydrogen-bond acceptors (Lipinski definition) is 6. The van der Waals surface area contributed by atoms with Crippen LogP contribution in [0.25, 0.3) is 11.3 Å². The first kappa shape index (κ1) is 21.0. The van der Waals surface area contributed by atoms with E-state index in [4.69, 9.17) is 13.9 Å². The third-order valence-electron chi connectivity index (χ3n) is 4.22. The number of rotatable bonds is 8. The lowest BCUT2D eigenvalue weighted by atomic mass is 10.2. The monoisotopic (exact) mass is 412 g/mol. The number of ether oxygens (including phenoxy) is 2. The molecule has 7 nitrogen and oxygen atoms in total. The lowest BCUT2D eigenvalue weighted by Gasteiger charge is -2.11. The number of esters is 1. The third kappa shape index (κ3) is 5.66. The van der Waals surface area contributed by atoms with Crippen molar-refractivity contribution in [1.82, 2.24) is 4.98 Å². The van der Waals surface area contributed by atoms with Crippen molar-refractivity contribution in [3.63, 3.8) is 0 Å². The Labute approximate surface area is 172 Å². The zero-order valence-corrected chi connectivity index (χ0v) is 16.6. The van der Waals surface area contributed by atoms with E-state index in [1.165, 1.54) is 25.4 Å². The van der Waals surface area contributed by atoms with Crippen molar-refractivity contribution >= 4 is 17.6 Å². The second-order valence-electron chi connectivity index (χ2n) is 6.54. The molecule has 0 saturated carbocycles. The SMILES string of the molecule is COc1ccc(C)cc1NC(=O)COC(=O)CCc1ncc(-c2ccc(F)cc2)o1. The van der Waals surface area contributed by atoms with Crippen molar-refractivity contribution in [3.8, 4) is 17.1 Å². The number of amides is 1. The van der Waals surface area contributed by atoms with Gasteiger partial charge in [0.2, 0.25) is 0 Å². The number of anilines is 1. The number of aromatic nitrogens is 1. The average Bonchev–Trinajstić information content (AvgIpc) is 3.20. The van der Waals surface area contributed by atoms with Gasteiger partial charge in [0.25, 0.3) is 5.91 Å². The number of benzene rings is 2. The van der Waals surface area contributed by atoms with Crippen LogP contribution in [0.3, 0.4) is 0 Å². The molecule has 2 aromatic carbocycles. The van der Waals surface area contributed by atoms with Crippen LogP contribution in [0, 0.1) is 12.7 Å². The molecule has 1 amide bonds. The van der Waals surface area contributed by atoms with Crippen molar-refractivity contribution in [3.05, 3.63) is 65.9 Å². The molecule has 0 unspecified atom stereocenters. The molecule has 3 rings (SSSR count). The molecule has 0 fully saturated rings. The predicted octanol–water partition coefficient (Wildman–Crippen LogP) is 3.91. The molecule has 8 heteroatoms. The van der Waals surface area contributed by atoms with Crippen LogP contribution >= 0.6 is 0 Å². The molecular formula is C22H21FN2O5. The smallest absolute Gasteiger partial charge is 0.306 e. The van der Waals surface area contributed by atoms with Gasteiger partial charge in [-0.2, -0.15) is 0 Å². The van der Waals surface area contributed by atoms with Gasteiger partial charge in [-0.1, -0.05) is 6.07 Å². The summed E-state index contributed by atoms with van der Waals surface area (Å²) in [5.41, 5.74) is 2.14. The molecule has 0 bridgehead atoms. The van der Waals surface area contributed by atoms with E-state index in [0.717, 1.165) is 5.56 Å². The maximum atomic E-state index is 13.0. The van der Waals surface area contributed by atoms with Gasteiger partial charge in [0.1, 0.15) is 11.6 Å². The maximum absolute atomic E-state index is 13.0. The summed E-state index contributed by atoms with van der Waals surface area (Å²) in [5.74, 6) is -0.0258. The average molecular weight is 412 g/mol. The summed E-state index contributed by atoms with van der Waals surface area (Å²) in [6, 6.07) is 11.2. The van der Waals surface area contributed by atoms with E-state index in [0.29, 0.717) is 28.7 Å². The first-order valence-corrected chi connectivity index (χ1v) is 9.25. The number of aryl methyl sites for hydroxylation is 2. The van der Waals surface area contributed by atoms with Gasteiger partial charge in [0, 0.05) is 12.0 Å². The summed E-state index contributed by atoms with van der Waals surface area (Å²) >= 11 is 0. The van der Waals surface area contributed by atoms with E-state index in [1.807, 2.05) is 13.0 Å². The molecular weight excluding hydrogens is 391 g/mol. The first-order chi connectivity index (χ1) is 14.4.